The van der Waals surface area contributed by atoms with Crippen molar-refractivity contribution in [1.29, 1.82) is 0 Å². The molecule has 3 nitrogen and oxygen atoms in total. The first-order valence-corrected chi connectivity index (χ1v) is 8.27. The molecule has 0 aromatic heterocycles. The molecule has 3 aromatic rings. The summed E-state index contributed by atoms with van der Waals surface area (Å²) in [6.07, 6.45) is 3.07. The molecule has 1 amide bonds. The second kappa shape index (κ2) is 8.12. The van der Waals surface area contributed by atoms with Crippen LogP contribution in [0.15, 0.2) is 78.9 Å². The molecule has 26 heavy (non-hydrogen) atoms. The Morgan fingerprint density at radius 2 is 1.54 bits per heavy atom. The van der Waals surface area contributed by atoms with Crippen LogP contribution in [-0.2, 0) is 4.79 Å². The molecule has 3 rings (SSSR count). The number of para-hydroxylation sites is 2. The second-order valence-electron chi connectivity index (χ2n) is 5.91. The first kappa shape index (κ1) is 17.4. The van der Waals surface area contributed by atoms with Crippen molar-refractivity contribution in [1.82, 2.24) is 0 Å². The maximum atomic E-state index is 12.9. The normalized spacial score (nSPS) is 10.7. The van der Waals surface area contributed by atoms with E-state index >= 15 is 0 Å². The highest BCUT2D eigenvalue weighted by atomic mass is 19.1. The number of rotatable bonds is 5. The minimum atomic E-state index is -0.303. The Labute approximate surface area is 152 Å². The number of hydrogen-bond donors (Lipinski definition) is 2. The zero-order valence-corrected chi connectivity index (χ0v) is 14.4. The number of anilines is 3. The molecule has 4 heteroatoms. The van der Waals surface area contributed by atoms with Crippen LogP contribution in [0, 0.1) is 12.7 Å². The topological polar surface area (TPSA) is 41.1 Å². The number of nitrogens with one attached hydrogen (secondary N) is 2. The number of halogens is 1. The summed E-state index contributed by atoms with van der Waals surface area (Å²) in [4.78, 5) is 12.2. The highest BCUT2D eigenvalue weighted by molar-refractivity contribution is 6.04. The van der Waals surface area contributed by atoms with Gasteiger partial charge >= 0.3 is 0 Å². The lowest BCUT2D eigenvalue weighted by Crippen LogP contribution is -2.09. The van der Waals surface area contributed by atoms with Crippen LogP contribution in [-0.4, -0.2) is 5.91 Å². The third-order valence-electron chi connectivity index (χ3n) is 3.81. The van der Waals surface area contributed by atoms with Crippen LogP contribution in [0.2, 0.25) is 0 Å². The van der Waals surface area contributed by atoms with E-state index in [9.17, 15) is 9.18 Å². The summed E-state index contributed by atoms with van der Waals surface area (Å²) in [7, 11) is 0. The number of amides is 1. The second-order valence-corrected chi connectivity index (χ2v) is 5.91. The molecule has 2 N–H and O–H groups in total. The Balaban J connectivity index is 1.70. The monoisotopic (exact) mass is 346 g/mol. The Hall–Kier alpha value is -3.40. The average Bonchev–Trinajstić information content (AvgIpc) is 2.65. The number of hydrogen-bond acceptors (Lipinski definition) is 2. The molecule has 3 aromatic carbocycles. The Bertz CT molecular complexity index is 916. The standard InChI is InChI=1S/C22H19FN2O/c1-16-6-13-19(14-7-16)24-20-4-2-3-5-21(20)25-22(26)15-10-17-8-11-18(23)12-9-17/h2-15,24H,1H3,(H,25,26)/b15-10+. The van der Waals surface area contributed by atoms with Crippen molar-refractivity contribution < 1.29 is 9.18 Å². The summed E-state index contributed by atoms with van der Waals surface area (Å²) in [5, 5.41) is 6.17. The van der Waals surface area contributed by atoms with Crippen LogP contribution in [0.1, 0.15) is 11.1 Å². The van der Waals surface area contributed by atoms with Gasteiger partial charge in [0.2, 0.25) is 5.91 Å². The Morgan fingerprint density at radius 1 is 0.885 bits per heavy atom. The molecule has 0 unspecified atom stereocenters. The Morgan fingerprint density at radius 3 is 2.23 bits per heavy atom. The first-order valence-electron chi connectivity index (χ1n) is 8.27. The number of carbonyl (C=O) groups excluding carboxylic acids is 1. The van der Waals surface area contributed by atoms with Gasteiger partial charge in [-0.05, 0) is 55.0 Å². The van der Waals surface area contributed by atoms with E-state index < -0.39 is 0 Å². The van der Waals surface area contributed by atoms with E-state index in [1.165, 1.54) is 23.8 Å². The summed E-state index contributed by atoms with van der Waals surface area (Å²) < 4.78 is 12.9. The highest BCUT2D eigenvalue weighted by Crippen LogP contribution is 2.25. The molecule has 0 atom stereocenters. The van der Waals surface area contributed by atoms with Crippen molar-refractivity contribution in [3.63, 3.8) is 0 Å². The summed E-state index contributed by atoms with van der Waals surface area (Å²) in [6.45, 7) is 2.03. The predicted octanol–water partition coefficient (Wildman–Crippen LogP) is 5.53. The molecular weight excluding hydrogens is 327 g/mol. The van der Waals surface area contributed by atoms with Gasteiger partial charge in [0.05, 0.1) is 11.4 Å². The fourth-order valence-corrected chi connectivity index (χ4v) is 2.41. The SMILES string of the molecule is Cc1ccc(Nc2ccccc2NC(=O)/C=C/c2ccc(F)cc2)cc1. The van der Waals surface area contributed by atoms with Crippen molar-refractivity contribution in [2.24, 2.45) is 0 Å². The van der Waals surface area contributed by atoms with E-state index in [0.29, 0.717) is 5.69 Å². The van der Waals surface area contributed by atoms with Gasteiger partial charge in [-0.25, -0.2) is 4.39 Å². The summed E-state index contributed by atoms with van der Waals surface area (Å²) >= 11 is 0. The largest absolute Gasteiger partial charge is 0.354 e. The van der Waals surface area contributed by atoms with Gasteiger partial charge in [-0.1, -0.05) is 42.0 Å². The molecule has 0 saturated heterocycles. The van der Waals surface area contributed by atoms with Gasteiger partial charge in [0.1, 0.15) is 5.82 Å². The van der Waals surface area contributed by atoms with Crippen molar-refractivity contribution >= 4 is 29.0 Å². The molecule has 130 valence electrons. The van der Waals surface area contributed by atoms with E-state index in [4.69, 9.17) is 0 Å². The lowest BCUT2D eigenvalue weighted by Gasteiger charge is -2.12. The van der Waals surface area contributed by atoms with Crippen molar-refractivity contribution in [2.75, 3.05) is 10.6 Å². The maximum Gasteiger partial charge on any atom is 0.248 e. The number of benzene rings is 3. The van der Waals surface area contributed by atoms with E-state index in [0.717, 1.165) is 16.9 Å². The number of carbonyl (C=O) groups is 1. The number of aryl methyl sites for hydroxylation is 1. The maximum absolute atomic E-state index is 12.9. The van der Waals surface area contributed by atoms with Crippen LogP contribution in [0.4, 0.5) is 21.5 Å². The molecule has 0 aliphatic heterocycles. The third kappa shape index (κ3) is 4.80. The zero-order valence-electron chi connectivity index (χ0n) is 14.4. The van der Waals surface area contributed by atoms with Gasteiger partial charge < -0.3 is 10.6 Å². The van der Waals surface area contributed by atoms with Crippen LogP contribution < -0.4 is 10.6 Å². The molecule has 0 bridgehead atoms. The quantitative estimate of drug-likeness (QED) is 0.596. The zero-order chi connectivity index (χ0) is 18.4. The summed E-state index contributed by atoms with van der Waals surface area (Å²) in [6, 6.07) is 21.5. The van der Waals surface area contributed by atoms with E-state index in [1.54, 1.807) is 18.2 Å². The summed E-state index contributed by atoms with van der Waals surface area (Å²) in [5.74, 6) is -0.560. The van der Waals surface area contributed by atoms with Crippen molar-refractivity contribution in [3.05, 3.63) is 95.8 Å². The van der Waals surface area contributed by atoms with E-state index in [2.05, 4.69) is 10.6 Å². The van der Waals surface area contributed by atoms with Crippen LogP contribution in [0.5, 0.6) is 0 Å². The van der Waals surface area contributed by atoms with Gasteiger partial charge in [0.15, 0.2) is 0 Å². The van der Waals surface area contributed by atoms with Gasteiger partial charge in [-0.15, -0.1) is 0 Å². The van der Waals surface area contributed by atoms with Crippen LogP contribution in [0.3, 0.4) is 0 Å². The third-order valence-corrected chi connectivity index (χ3v) is 3.81. The average molecular weight is 346 g/mol. The molecule has 0 fully saturated rings. The molecule has 0 aliphatic rings. The molecule has 0 spiro atoms. The van der Waals surface area contributed by atoms with Gasteiger partial charge in [-0.2, -0.15) is 0 Å². The van der Waals surface area contributed by atoms with Crippen LogP contribution >= 0.6 is 0 Å². The molecule has 0 aliphatic carbocycles. The Kier molecular flexibility index (Phi) is 5.44. The minimum Gasteiger partial charge on any atom is -0.354 e. The van der Waals surface area contributed by atoms with Crippen LogP contribution in [0.25, 0.3) is 6.08 Å². The molecular formula is C22H19FN2O. The van der Waals surface area contributed by atoms with E-state index in [-0.39, 0.29) is 11.7 Å². The molecule has 0 heterocycles. The van der Waals surface area contributed by atoms with Gasteiger partial charge in [-0.3, -0.25) is 4.79 Å². The summed E-state index contributed by atoms with van der Waals surface area (Å²) in [5.41, 5.74) is 4.37. The lowest BCUT2D eigenvalue weighted by atomic mass is 10.2. The minimum absolute atomic E-state index is 0.257. The molecule has 0 radical (unpaired) electrons. The predicted molar refractivity (Wildman–Crippen MR) is 105 cm³/mol. The van der Waals surface area contributed by atoms with Crippen molar-refractivity contribution in [3.8, 4) is 0 Å². The first-order chi connectivity index (χ1) is 12.6. The lowest BCUT2D eigenvalue weighted by molar-refractivity contribution is -0.111. The fourth-order valence-electron chi connectivity index (χ4n) is 2.41. The smallest absolute Gasteiger partial charge is 0.248 e. The van der Waals surface area contributed by atoms with Crippen molar-refractivity contribution in [2.45, 2.75) is 6.92 Å². The fraction of sp³-hybridized carbons (Fsp3) is 0.0455. The van der Waals surface area contributed by atoms with Gasteiger partial charge in [0.25, 0.3) is 0 Å². The van der Waals surface area contributed by atoms with Gasteiger partial charge in [0, 0.05) is 11.8 Å². The van der Waals surface area contributed by atoms with E-state index in [1.807, 2.05) is 55.5 Å². The highest BCUT2D eigenvalue weighted by Gasteiger charge is 2.05. The molecule has 0 saturated carbocycles.